The van der Waals surface area contributed by atoms with Gasteiger partial charge in [0.1, 0.15) is 0 Å². The molecule has 0 aromatic carbocycles. The van der Waals surface area contributed by atoms with Gasteiger partial charge in [-0.15, -0.1) is 6.42 Å². The zero-order valence-electron chi connectivity index (χ0n) is 9.07. The van der Waals surface area contributed by atoms with Crippen molar-refractivity contribution in [1.82, 2.24) is 10.2 Å². The molecular weight excluding hydrogens is 192 g/mol. The Morgan fingerprint density at radius 3 is 3.07 bits per heavy atom. The van der Waals surface area contributed by atoms with Gasteiger partial charge in [-0.3, -0.25) is 9.69 Å². The monoisotopic (exact) mass is 210 g/mol. The van der Waals surface area contributed by atoms with E-state index in [-0.39, 0.29) is 18.6 Å². The molecule has 0 saturated carbocycles. The van der Waals surface area contributed by atoms with Crippen LogP contribution in [0.1, 0.15) is 13.3 Å². The largest absolute Gasteiger partial charge is 0.392 e. The van der Waals surface area contributed by atoms with Crippen molar-refractivity contribution in [3.63, 3.8) is 0 Å². The highest BCUT2D eigenvalue weighted by Gasteiger charge is 2.25. The number of amides is 1. The fourth-order valence-corrected chi connectivity index (χ4v) is 1.67. The molecule has 2 N–H and O–H groups in total. The molecule has 0 aromatic heterocycles. The lowest BCUT2D eigenvalue weighted by atomic mass is 9.96. The van der Waals surface area contributed by atoms with Gasteiger partial charge in [0.2, 0.25) is 5.91 Å². The molecule has 2 atom stereocenters. The summed E-state index contributed by atoms with van der Waals surface area (Å²) in [6.45, 7) is 4.06. The number of nitrogens with zero attached hydrogens (tertiary/aromatic N) is 1. The summed E-state index contributed by atoms with van der Waals surface area (Å²) >= 11 is 0. The quantitative estimate of drug-likeness (QED) is 0.614. The Morgan fingerprint density at radius 2 is 2.47 bits per heavy atom. The minimum atomic E-state index is -0.320. The molecule has 1 amide bonds. The van der Waals surface area contributed by atoms with E-state index in [1.807, 2.05) is 11.8 Å². The lowest BCUT2D eigenvalue weighted by molar-refractivity contribution is -0.123. The van der Waals surface area contributed by atoms with E-state index in [9.17, 15) is 9.90 Å². The molecule has 15 heavy (non-hydrogen) atoms. The van der Waals surface area contributed by atoms with Gasteiger partial charge in [-0.1, -0.05) is 12.8 Å². The molecule has 84 valence electrons. The number of carbonyl (C=O) groups is 1. The number of β-amino-alcohol motifs (C(OH)–C–C–N with tert-alkyl or cyclic N) is 1. The first-order valence-electron chi connectivity index (χ1n) is 5.24. The van der Waals surface area contributed by atoms with Crippen molar-refractivity contribution < 1.29 is 9.90 Å². The molecule has 1 heterocycles. The van der Waals surface area contributed by atoms with E-state index in [0.29, 0.717) is 19.0 Å². The number of hydrogen-bond acceptors (Lipinski definition) is 3. The van der Waals surface area contributed by atoms with Gasteiger partial charge in [0, 0.05) is 6.54 Å². The maximum absolute atomic E-state index is 11.3. The van der Waals surface area contributed by atoms with Crippen molar-refractivity contribution in [3.8, 4) is 12.3 Å². The van der Waals surface area contributed by atoms with Gasteiger partial charge in [-0.05, 0) is 18.9 Å². The van der Waals surface area contributed by atoms with Crippen LogP contribution in [0.15, 0.2) is 0 Å². The number of aliphatic hydroxyl groups excluding tert-OH is 1. The number of nitrogens with one attached hydrogen (secondary N) is 1. The number of piperidine rings is 1. The van der Waals surface area contributed by atoms with Crippen LogP contribution in [0.3, 0.4) is 0 Å². The number of hydrogen-bond donors (Lipinski definition) is 2. The van der Waals surface area contributed by atoms with E-state index in [0.717, 1.165) is 13.0 Å². The minimum absolute atomic E-state index is 0.0743. The van der Waals surface area contributed by atoms with E-state index in [4.69, 9.17) is 6.42 Å². The summed E-state index contributed by atoms with van der Waals surface area (Å²) in [5.41, 5.74) is 0. The maximum Gasteiger partial charge on any atom is 0.234 e. The third-order valence-electron chi connectivity index (χ3n) is 2.76. The van der Waals surface area contributed by atoms with E-state index < -0.39 is 0 Å². The molecule has 1 saturated heterocycles. The van der Waals surface area contributed by atoms with Crippen LogP contribution in [-0.4, -0.2) is 48.2 Å². The van der Waals surface area contributed by atoms with Crippen LogP contribution in [0.2, 0.25) is 0 Å². The minimum Gasteiger partial charge on any atom is -0.392 e. The van der Waals surface area contributed by atoms with E-state index >= 15 is 0 Å². The lowest BCUT2D eigenvalue weighted by Crippen LogP contribution is -2.47. The second-order valence-electron chi connectivity index (χ2n) is 4.05. The van der Waals surface area contributed by atoms with Crippen molar-refractivity contribution >= 4 is 5.91 Å². The van der Waals surface area contributed by atoms with Crippen LogP contribution in [-0.2, 0) is 4.79 Å². The van der Waals surface area contributed by atoms with Gasteiger partial charge in [-0.25, -0.2) is 0 Å². The maximum atomic E-state index is 11.3. The molecule has 0 bridgehead atoms. The van der Waals surface area contributed by atoms with Gasteiger partial charge in [0.15, 0.2) is 0 Å². The topological polar surface area (TPSA) is 52.6 Å². The van der Waals surface area contributed by atoms with Gasteiger partial charge < -0.3 is 10.4 Å². The second-order valence-corrected chi connectivity index (χ2v) is 4.05. The molecule has 4 nitrogen and oxygen atoms in total. The highest BCUT2D eigenvalue weighted by atomic mass is 16.3. The smallest absolute Gasteiger partial charge is 0.234 e. The highest BCUT2D eigenvalue weighted by molar-refractivity contribution is 5.78. The van der Waals surface area contributed by atoms with Crippen LogP contribution in [0.4, 0.5) is 0 Å². The van der Waals surface area contributed by atoms with E-state index in [1.165, 1.54) is 0 Å². The Balaban J connectivity index is 2.28. The number of likely N-dealkylation sites (tertiary alicyclic amines) is 1. The molecule has 4 heteroatoms. The van der Waals surface area contributed by atoms with E-state index in [2.05, 4.69) is 11.2 Å². The molecule has 2 unspecified atom stereocenters. The molecule has 1 fully saturated rings. The van der Waals surface area contributed by atoms with Gasteiger partial charge in [0.05, 0.1) is 19.2 Å². The average Bonchev–Trinajstić information content (AvgIpc) is 2.20. The molecule has 1 aliphatic rings. The van der Waals surface area contributed by atoms with Gasteiger partial charge in [0.25, 0.3) is 0 Å². The van der Waals surface area contributed by atoms with Crippen LogP contribution in [0.5, 0.6) is 0 Å². The second kappa shape index (κ2) is 5.74. The highest BCUT2D eigenvalue weighted by Crippen LogP contribution is 2.16. The third-order valence-corrected chi connectivity index (χ3v) is 2.76. The molecule has 1 rings (SSSR count). The fourth-order valence-electron chi connectivity index (χ4n) is 1.67. The molecule has 0 radical (unpaired) electrons. The summed E-state index contributed by atoms with van der Waals surface area (Å²) in [6.07, 6.45) is 5.65. The molecule has 1 aliphatic heterocycles. The fraction of sp³-hybridized carbons (Fsp3) is 0.727. The number of rotatable bonds is 3. The Kier molecular flexibility index (Phi) is 4.60. The standard InChI is InChI=1S/C11H18N2O2/c1-3-5-12-11(15)8-13-6-4-9(2)10(14)7-13/h1,9-10,14H,4-8H2,2H3,(H,12,15). The molecular formula is C11H18N2O2. The average molecular weight is 210 g/mol. The van der Waals surface area contributed by atoms with Crippen molar-refractivity contribution in [2.75, 3.05) is 26.2 Å². The zero-order valence-corrected chi connectivity index (χ0v) is 9.07. The predicted octanol–water partition coefficient (Wildman–Crippen LogP) is -0.562. The normalized spacial score (nSPS) is 27.0. The van der Waals surface area contributed by atoms with Crippen LogP contribution >= 0.6 is 0 Å². The summed E-state index contributed by atoms with van der Waals surface area (Å²) in [7, 11) is 0. The summed E-state index contributed by atoms with van der Waals surface area (Å²) in [5.74, 6) is 2.61. The SMILES string of the molecule is C#CCNC(=O)CN1CCC(C)C(O)C1. The summed E-state index contributed by atoms with van der Waals surface area (Å²) in [6, 6.07) is 0. The van der Waals surface area contributed by atoms with Crippen LogP contribution < -0.4 is 5.32 Å². The van der Waals surface area contributed by atoms with E-state index in [1.54, 1.807) is 0 Å². The molecule has 0 aromatic rings. The zero-order chi connectivity index (χ0) is 11.3. The van der Waals surface area contributed by atoms with Crippen molar-refractivity contribution in [1.29, 1.82) is 0 Å². The summed E-state index contributed by atoms with van der Waals surface area (Å²) < 4.78 is 0. The first-order chi connectivity index (χ1) is 7.13. The predicted molar refractivity (Wildman–Crippen MR) is 58.1 cm³/mol. The number of terminal acetylenes is 1. The van der Waals surface area contributed by atoms with Gasteiger partial charge >= 0.3 is 0 Å². The Bertz CT molecular complexity index is 260. The summed E-state index contributed by atoms with van der Waals surface area (Å²) in [5, 5.41) is 12.2. The first kappa shape index (κ1) is 12.0. The lowest BCUT2D eigenvalue weighted by Gasteiger charge is -2.33. The first-order valence-corrected chi connectivity index (χ1v) is 5.24. The van der Waals surface area contributed by atoms with Crippen LogP contribution in [0.25, 0.3) is 0 Å². The molecule has 0 spiro atoms. The van der Waals surface area contributed by atoms with Crippen molar-refractivity contribution in [3.05, 3.63) is 0 Å². The van der Waals surface area contributed by atoms with Crippen molar-refractivity contribution in [2.24, 2.45) is 5.92 Å². The Labute approximate surface area is 90.6 Å². The Morgan fingerprint density at radius 1 is 1.73 bits per heavy atom. The number of carbonyl (C=O) groups excluding carboxylic acids is 1. The molecule has 0 aliphatic carbocycles. The van der Waals surface area contributed by atoms with Crippen molar-refractivity contribution in [2.45, 2.75) is 19.4 Å². The Hall–Kier alpha value is -1.05. The van der Waals surface area contributed by atoms with Crippen LogP contribution in [0, 0.1) is 18.3 Å². The number of aliphatic hydroxyl groups is 1. The summed E-state index contributed by atoms with van der Waals surface area (Å²) in [4.78, 5) is 13.3. The third kappa shape index (κ3) is 3.90. The van der Waals surface area contributed by atoms with Gasteiger partial charge in [-0.2, -0.15) is 0 Å².